The summed E-state index contributed by atoms with van der Waals surface area (Å²) in [6, 6.07) is 9.40. The Morgan fingerprint density at radius 3 is 2.53 bits per heavy atom. The number of carbonyl (C=O) groups is 1. The second kappa shape index (κ2) is 9.83. The maximum absolute atomic E-state index is 13.0. The summed E-state index contributed by atoms with van der Waals surface area (Å²) in [4.78, 5) is 19.5. The van der Waals surface area contributed by atoms with Gasteiger partial charge >= 0.3 is 0 Å². The molecule has 4 rings (SSSR count). The van der Waals surface area contributed by atoms with Gasteiger partial charge in [0, 0.05) is 24.8 Å². The van der Waals surface area contributed by atoms with Gasteiger partial charge in [-0.1, -0.05) is 4.85 Å². The number of anilines is 1. The topological polar surface area (TPSA) is 134 Å². The number of amides is 1. The molecule has 1 amide bonds. The monoisotopic (exact) mass is 491 g/mol. The lowest BCUT2D eigenvalue weighted by Crippen LogP contribution is -2.40. The van der Waals surface area contributed by atoms with E-state index in [-0.39, 0.29) is 18.0 Å². The Hall–Kier alpha value is -3.42. The fraction of sp³-hybridized carbons (Fsp3) is 0.381. The molecule has 1 aliphatic rings. The zero-order chi connectivity index (χ0) is 24.3. The van der Waals surface area contributed by atoms with Gasteiger partial charge in [0.1, 0.15) is 11.0 Å². The van der Waals surface area contributed by atoms with E-state index in [0.717, 1.165) is 4.85 Å². The summed E-state index contributed by atoms with van der Waals surface area (Å²) < 4.78 is 43.0. The van der Waals surface area contributed by atoms with Crippen molar-refractivity contribution in [3.05, 3.63) is 36.4 Å². The minimum atomic E-state index is -3.72. The number of ether oxygens (including phenoxy) is 3. The van der Waals surface area contributed by atoms with Crippen molar-refractivity contribution < 1.29 is 32.3 Å². The van der Waals surface area contributed by atoms with Gasteiger partial charge in [0.25, 0.3) is 5.91 Å². The first-order valence-electron chi connectivity index (χ1n) is 10.5. The molecule has 12 nitrogen and oxygen atoms in total. The van der Waals surface area contributed by atoms with Crippen LogP contribution in [0.15, 0.2) is 41.3 Å². The van der Waals surface area contributed by atoms with Crippen molar-refractivity contribution in [2.75, 3.05) is 45.8 Å². The number of nitrogens with one attached hydrogen (secondary N) is 1. The van der Waals surface area contributed by atoms with E-state index in [1.807, 2.05) is 0 Å². The fourth-order valence-corrected chi connectivity index (χ4v) is 4.84. The molecule has 1 N–H and O–H groups in total. The van der Waals surface area contributed by atoms with Crippen LogP contribution in [0.3, 0.4) is 0 Å². The smallest absolute Gasteiger partial charge is 0.267 e. The number of fused-ring (bicyclic) bond motifs is 1. The number of nitrogens with zero attached hydrogens (tertiary/aromatic N) is 4. The molecule has 1 atom stereocenters. The van der Waals surface area contributed by atoms with Crippen LogP contribution in [0.5, 0.6) is 11.5 Å². The van der Waals surface area contributed by atoms with Gasteiger partial charge < -0.3 is 24.4 Å². The molecule has 182 valence electrons. The zero-order valence-corrected chi connectivity index (χ0v) is 19.7. The van der Waals surface area contributed by atoms with Crippen molar-refractivity contribution in [3.63, 3.8) is 0 Å². The van der Waals surface area contributed by atoms with Gasteiger partial charge in [-0.25, -0.2) is 8.42 Å². The summed E-state index contributed by atoms with van der Waals surface area (Å²) in [5, 5.41) is 10.6. The number of sulfonamides is 1. The van der Waals surface area contributed by atoms with Crippen molar-refractivity contribution in [1.29, 1.82) is 0 Å². The Balaban J connectivity index is 1.51. The van der Waals surface area contributed by atoms with E-state index in [1.54, 1.807) is 24.3 Å². The third-order valence-electron chi connectivity index (χ3n) is 5.27. The molecular weight excluding hydrogens is 466 g/mol. The molecule has 2 heterocycles. The van der Waals surface area contributed by atoms with Gasteiger partial charge in [-0.2, -0.15) is 4.31 Å². The molecule has 1 aliphatic heterocycles. The molecule has 0 aliphatic carbocycles. The van der Waals surface area contributed by atoms with Crippen LogP contribution in [0.1, 0.15) is 6.92 Å². The molecule has 0 radical (unpaired) electrons. The maximum atomic E-state index is 13.0. The predicted molar refractivity (Wildman–Crippen MR) is 121 cm³/mol. The van der Waals surface area contributed by atoms with Crippen LogP contribution in [0.2, 0.25) is 0 Å². The third-order valence-corrected chi connectivity index (χ3v) is 7.17. The highest BCUT2D eigenvalue weighted by Crippen LogP contribution is 2.29. The number of morpholine rings is 1. The second-order valence-corrected chi connectivity index (χ2v) is 9.37. The van der Waals surface area contributed by atoms with Gasteiger partial charge in [-0.05, 0) is 42.5 Å². The van der Waals surface area contributed by atoms with E-state index in [0.29, 0.717) is 41.4 Å². The number of benzene rings is 2. The molecule has 34 heavy (non-hydrogen) atoms. The van der Waals surface area contributed by atoms with E-state index >= 15 is 0 Å². The van der Waals surface area contributed by atoms with Gasteiger partial charge in [0.2, 0.25) is 16.1 Å². The Morgan fingerprint density at radius 1 is 1.09 bits per heavy atom. The lowest BCUT2D eigenvalue weighted by Gasteiger charge is -2.26. The Kier molecular flexibility index (Phi) is 6.86. The third kappa shape index (κ3) is 4.76. The number of rotatable bonds is 8. The van der Waals surface area contributed by atoms with Crippen molar-refractivity contribution in [1.82, 2.24) is 19.5 Å². The number of aromatic nitrogens is 3. The SMILES string of the molecule is COc1ccc(NC(=O)C(C)On2nnc3ccc(S(=O)(=O)N4CCOCC4)cc32)cc1OC. The number of methoxy groups -OCH3 is 2. The van der Waals surface area contributed by atoms with Crippen LogP contribution in [0.4, 0.5) is 5.69 Å². The van der Waals surface area contributed by atoms with Gasteiger partial charge in [-0.3, -0.25) is 4.79 Å². The molecule has 1 saturated heterocycles. The Morgan fingerprint density at radius 2 is 1.82 bits per heavy atom. The first-order chi connectivity index (χ1) is 16.3. The summed E-state index contributed by atoms with van der Waals surface area (Å²) in [6.07, 6.45) is -0.975. The van der Waals surface area contributed by atoms with E-state index in [9.17, 15) is 13.2 Å². The van der Waals surface area contributed by atoms with E-state index in [1.165, 1.54) is 37.6 Å². The molecule has 1 unspecified atom stereocenters. The average molecular weight is 492 g/mol. The van der Waals surface area contributed by atoms with Crippen LogP contribution in [0, 0.1) is 0 Å². The van der Waals surface area contributed by atoms with E-state index < -0.39 is 22.0 Å². The first-order valence-corrected chi connectivity index (χ1v) is 11.9. The van der Waals surface area contributed by atoms with E-state index in [4.69, 9.17) is 19.0 Å². The van der Waals surface area contributed by atoms with Crippen LogP contribution >= 0.6 is 0 Å². The second-order valence-electron chi connectivity index (χ2n) is 7.44. The molecule has 1 aromatic heterocycles. The number of carbonyl (C=O) groups excluding carboxylic acids is 1. The summed E-state index contributed by atoms with van der Waals surface area (Å²) >= 11 is 0. The van der Waals surface area contributed by atoms with Crippen molar-refractivity contribution in [2.24, 2.45) is 0 Å². The summed E-state index contributed by atoms with van der Waals surface area (Å²) in [5.74, 6) is 0.542. The predicted octanol–water partition coefficient (Wildman–Crippen LogP) is 0.925. The lowest BCUT2D eigenvalue weighted by molar-refractivity contribution is -0.127. The quantitative estimate of drug-likeness (QED) is 0.488. The van der Waals surface area contributed by atoms with E-state index in [2.05, 4.69) is 15.6 Å². The summed E-state index contributed by atoms with van der Waals surface area (Å²) in [5.41, 5.74) is 1.23. The van der Waals surface area contributed by atoms with Crippen LogP contribution < -0.4 is 19.6 Å². The normalized spacial score (nSPS) is 15.6. The minimum absolute atomic E-state index is 0.0801. The van der Waals surface area contributed by atoms with Crippen molar-refractivity contribution in [2.45, 2.75) is 17.9 Å². The minimum Gasteiger partial charge on any atom is -0.493 e. The highest BCUT2D eigenvalue weighted by molar-refractivity contribution is 7.89. The summed E-state index contributed by atoms with van der Waals surface area (Å²) in [6.45, 7) is 2.79. The molecule has 0 saturated carbocycles. The average Bonchev–Trinajstić information content (AvgIpc) is 3.26. The van der Waals surface area contributed by atoms with Gasteiger partial charge in [0.05, 0.1) is 32.3 Å². The maximum Gasteiger partial charge on any atom is 0.267 e. The molecule has 1 fully saturated rings. The standard InChI is InChI=1S/C21H25N5O7S/c1-14(21(27)22-15-4-7-19(30-2)20(12-15)31-3)33-26-18-13-16(5-6-17(18)23-24-26)34(28,29)25-8-10-32-11-9-25/h4-7,12-14H,8-11H2,1-3H3,(H,22,27). The summed E-state index contributed by atoms with van der Waals surface area (Å²) in [7, 11) is -0.700. The van der Waals surface area contributed by atoms with Gasteiger partial charge in [-0.15, -0.1) is 5.10 Å². The van der Waals surface area contributed by atoms with Gasteiger partial charge in [0.15, 0.2) is 11.5 Å². The number of hydrogen-bond donors (Lipinski definition) is 1. The molecule has 3 aromatic rings. The Labute approximate surface area is 196 Å². The molecular formula is C21H25N5O7S. The largest absolute Gasteiger partial charge is 0.493 e. The molecule has 13 heteroatoms. The highest BCUT2D eigenvalue weighted by atomic mass is 32.2. The molecule has 0 bridgehead atoms. The molecule has 0 spiro atoms. The number of hydrogen-bond acceptors (Lipinski definition) is 9. The first kappa shape index (κ1) is 23.7. The fourth-order valence-electron chi connectivity index (χ4n) is 3.41. The van der Waals surface area contributed by atoms with Crippen molar-refractivity contribution >= 4 is 32.7 Å². The van der Waals surface area contributed by atoms with Crippen LogP contribution in [-0.4, -0.2) is 80.4 Å². The zero-order valence-electron chi connectivity index (χ0n) is 18.9. The highest BCUT2D eigenvalue weighted by Gasteiger charge is 2.27. The Bertz CT molecular complexity index is 1290. The lowest BCUT2D eigenvalue weighted by atomic mass is 10.2. The molecule has 2 aromatic carbocycles. The van der Waals surface area contributed by atoms with Crippen LogP contribution in [-0.2, 0) is 19.6 Å². The van der Waals surface area contributed by atoms with Crippen molar-refractivity contribution in [3.8, 4) is 11.5 Å². The van der Waals surface area contributed by atoms with Crippen LogP contribution in [0.25, 0.3) is 11.0 Å².